The number of anilines is 2. The molecule has 3 rings (SSSR count). The summed E-state index contributed by atoms with van der Waals surface area (Å²) in [6.07, 6.45) is 2.18. The predicted molar refractivity (Wildman–Crippen MR) is 100 cm³/mol. The normalized spacial score (nSPS) is 13.2. The molecule has 1 saturated heterocycles. The largest absolute Gasteiger partial charge is 0.451 e. The minimum Gasteiger partial charge on any atom is -0.451 e. The Labute approximate surface area is 164 Å². The summed E-state index contributed by atoms with van der Waals surface area (Å²) in [6.45, 7) is 1.17. The van der Waals surface area contributed by atoms with E-state index in [4.69, 9.17) is 16.3 Å². The molecule has 0 spiro atoms. The number of rotatable bonds is 6. The van der Waals surface area contributed by atoms with E-state index in [1.165, 1.54) is 18.2 Å². The Bertz CT molecular complexity index is 899. The minimum absolute atomic E-state index is 0.0341. The molecule has 1 aromatic heterocycles. The lowest BCUT2D eigenvalue weighted by molar-refractivity contribution is -0.383. The summed E-state index contributed by atoms with van der Waals surface area (Å²) in [6, 6.07) is 6.95. The molecule has 10 nitrogen and oxygen atoms in total. The Morgan fingerprint density at radius 3 is 2.61 bits per heavy atom. The molecule has 146 valence electrons. The average molecular weight is 406 g/mol. The molecule has 2 heterocycles. The summed E-state index contributed by atoms with van der Waals surface area (Å²) in [5, 5.41) is 21.3. The van der Waals surface area contributed by atoms with Crippen molar-refractivity contribution in [2.45, 2.75) is 12.8 Å². The molecule has 1 aliphatic heterocycles. The number of nitrogens with zero attached hydrogens (tertiary/aromatic N) is 4. The first-order valence-corrected chi connectivity index (χ1v) is 8.81. The maximum atomic E-state index is 12.0. The highest BCUT2D eigenvalue weighted by Crippen LogP contribution is 2.27. The lowest BCUT2D eigenvalue weighted by Crippen LogP contribution is -2.23. The van der Waals surface area contributed by atoms with Crippen molar-refractivity contribution in [2.24, 2.45) is 0 Å². The molecule has 1 fully saturated rings. The van der Waals surface area contributed by atoms with Gasteiger partial charge in [-0.05, 0) is 37.1 Å². The van der Waals surface area contributed by atoms with Crippen LogP contribution in [0.2, 0.25) is 5.02 Å². The van der Waals surface area contributed by atoms with Gasteiger partial charge in [-0.25, -0.2) is 4.79 Å². The topological polar surface area (TPSA) is 128 Å². The molecule has 0 radical (unpaired) electrons. The van der Waals surface area contributed by atoms with Crippen molar-refractivity contribution in [3.8, 4) is 0 Å². The number of hydrogen-bond acceptors (Lipinski definition) is 8. The van der Waals surface area contributed by atoms with Gasteiger partial charge in [-0.3, -0.25) is 14.9 Å². The summed E-state index contributed by atoms with van der Waals surface area (Å²) in [5.74, 6) is -0.872. The third-order valence-corrected chi connectivity index (χ3v) is 4.29. The van der Waals surface area contributed by atoms with Crippen molar-refractivity contribution < 1.29 is 19.2 Å². The van der Waals surface area contributed by atoms with Crippen LogP contribution in [0.4, 0.5) is 17.2 Å². The number of hydrogen-bond donors (Lipinski definition) is 1. The number of ether oxygens (including phenoxy) is 1. The molecule has 1 N–H and O–H groups in total. The van der Waals surface area contributed by atoms with Crippen molar-refractivity contribution in [3.63, 3.8) is 0 Å². The smallest absolute Gasteiger partial charge is 0.359 e. The molecule has 0 saturated carbocycles. The lowest BCUT2D eigenvalue weighted by atomic mass is 10.2. The van der Waals surface area contributed by atoms with Crippen LogP contribution in [0, 0.1) is 10.1 Å². The molecule has 0 bridgehead atoms. The number of esters is 1. The number of halogens is 1. The molecule has 1 aliphatic rings. The highest BCUT2D eigenvalue weighted by atomic mass is 35.5. The quantitative estimate of drug-likeness (QED) is 0.441. The Morgan fingerprint density at radius 1 is 1.21 bits per heavy atom. The maximum Gasteiger partial charge on any atom is 0.359 e. The van der Waals surface area contributed by atoms with Crippen LogP contribution >= 0.6 is 11.6 Å². The molecular formula is C17H16ClN5O5. The monoisotopic (exact) mass is 405 g/mol. The van der Waals surface area contributed by atoms with E-state index in [0.717, 1.165) is 32.0 Å². The zero-order chi connectivity index (χ0) is 20.1. The number of nitro benzene ring substituents is 1. The van der Waals surface area contributed by atoms with Crippen LogP contribution in [0.3, 0.4) is 0 Å². The van der Waals surface area contributed by atoms with Gasteiger partial charge in [-0.15, -0.1) is 10.2 Å². The first kappa shape index (κ1) is 19.5. The fourth-order valence-corrected chi connectivity index (χ4v) is 2.87. The molecule has 28 heavy (non-hydrogen) atoms. The first-order valence-electron chi connectivity index (χ1n) is 8.43. The average Bonchev–Trinajstić information content (AvgIpc) is 3.22. The Hall–Kier alpha value is -3.27. The number of carbonyl (C=O) groups excluding carboxylic acids is 2. The fourth-order valence-electron chi connectivity index (χ4n) is 2.70. The van der Waals surface area contributed by atoms with E-state index in [2.05, 4.69) is 20.4 Å². The number of nitro groups is 1. The zero-order valence-corrected chi connectivity index (χ0v) is 15.4. The Morgan fingerprint density at radius 2 is 1.96 bits per heavy atom. The van der Waals surface area contributed by atoms with Gasteiger partial charge in [0.2, 0.25) is 0 Å². The second kappa shape index (κ2) is 8.61. The number of nitrogens with one attached hydrogen (secondary N) is 1. The van der Waals surface area contributed by atoms with Crippen LogP contribution in [0.1, 0.15) is 23.3 Å². The molecular weight excluding hydrogens is 390 g/mol. The third kappa shape index (κ3) is 4.71. The summed E-state index contributed by atoms with van der Waals surface area (Å²) in [7, 11) is 0. The van der Waals surface area contributed by atoms with Crippen molar-refractivity contribution in [1.82, 2.24) is 10.2 Å². The first-order chi connectivity index (χ1) is 13.4. The number of aromatic nitrogens is 2. The van der Waals surface area contributed by atoms with Crippen LogP contribution in [-0.2, 0) is 9.53 Å². The van der Waals surface area contributed by atoms with Crippen molar-refractivity contribution in [3.05, 3.63) is 51.2 Å². The van der Waals surface area contributed by atoms with E-state index in [0.29, 0.717) is 5.82 Å². The van der Waals surface area contributed by atoms with Crippen molar-refractivity contribution >= 4 is 40.7 Å². The van der Waals surface area contributed by atoms with Crippen LogP contribution < -0.4 is 10.2 Å². The van der Waals surface area contributed by atoms with Gasteiger partial charge in [0.1, 0.15) is 5.69 Å². The van der Waals surface area contributed by atoms with Gasteiger partial charge in [0, 0.05) is 24.2 Å². The van der Waals surface area contributed by atoms with E-state index < -0.39 is 23.4 Å². The van der Waals surface area contributed by atoms with E-state index in [9.17, 15) is 19.7 Å². The highest BCUT2D eigenvalue weighted by Gasteiger charge is 2.19. The van der Waals surface area contributed by atoms with Gasteiger partial charge < -0.3 is 15.0 Å². The molecule has 11 heteroatoms. The van der Waals surface area contributed by atoms with Gasteiger partial charge in [0.05, 0.1) is 4.92 Å². The van der Waals surface area contributed by atoms with Crippen molar-refractivity contribution in [2.75, 3.05) is 29.9 Å². The predicted octanol–water partition coefficient (Wildman–Crippen LogP) is 2.43. The second-order valence-electron chi connectivity index (χ2n) is 6.01. The third-order valence-electron chi connectivity index (χ3n) is 4.05. The van der Waals surface area contributed by atoms with Gasteiger partial charge in [0.25, 0.3) is 11.6 Å². The zero-order valence-electron chi connectivity index (χ0n) is 14.6. The van der Waals surface area contributed by atoms with E-state index in [-0.39, 0.29) is 22.1 Å². The van der Waals surface area contributed by atoms with E-state index in [1.807, 2.05) is 0 Å². The van der Waals surface area contributed by atoms with Crippen LogP contribution in [-0.4, -0.2) is 46.7 Å². The van der Waals surface area contributed by atoms with Crippen LogP contribution in [0.5, 0.6) is 0 Å². The number of benzene rings is 1. The van der Waals surface area contributed by atoms with Gasteiger partial charge in [-0.1, -0.05) is 11.6 Å². The standard InChI is InChI=1S/C17H16ClN5O5/c18-11-3-4-12(14(9-11)23(26)27)19-16(24)10-28-17(25)13-5-6-15(21-20-13)22-7-1-2-8-22/h3-6,9H,1-2,7-8,10H2,(H,19,24). The number of carbonyl (C=O) groups is 2. The minimum atomic E-state index is -0.818. The lowest BCUT2D eigenvalue weighted by Gasteiger charge is -2.15. The van der Waals surface area contributed by atoms with E-state index >= 15 is 0 Å². The molecule has 0 atom stereocenters. The van der Waals surface area contributed by atoms with Gasteiger partial charge >= 0.3 is 5.97 Å². The van der Waals surface area contributed by atoms with E-state index in [1.54, 1.807) is 6.07 Å². The highest BCUT2D eigenvalue weighted by molar-refractivity contribution is 6.31. The second-order valence-corrected chi connectivity index (χ2v) is 6.45. The van der Waals surface area contributed by atoms with Crippen molar-refractivity contribution in [1.29, 1.82) is 0 Å². The summed E-state index contributed by atoms with van der Waals surface area (Å²) in [4.78, 5) is 36.4. The molecule has 1 amide bonds. The van der Waals surface area contributed by atoms with Crippen LogP contribution in [0.15, 0.2) is 30.3 Å². The van der Waals surface area contributed by atoms with Gasteiger partial charge in [-0.2, -0.15) is 0 Å². The molecule has 2 aromatic rings. The van der Waals surface area contributed by atoms with Gasteiger partial charge in [0.15, 0.2) is 18.1 Å². The Kier molecular flexibility index (Phi) is 5.99. The summed E-state index contributed by atoms with van der Waals surface area (Å²) >= 11 is 5.72. The summed E-state index contributed by atoms with van der Waals surface area (Å²) < 4.78 is 4.89. The number of amides is 1. The maximum absolute atomic E-state index is 12.0. The fraction of sp³-hybridized carbons (Fsp3) is 0.294. The van der Waals surface area contributed by atoms with Crippen LogP contribution in [0.25, 0.3) is 0 Å². The molecule has 0 unspecified atom stereocenters. The SMILES string of the molecule is O=C(COC(=O)c1ccc(N2CCCC2)nn1)Nc1ccc(Cl)cc1[N+](=O)[O-]. The summed E-state index contributed by atoms with van der Waals surface area (Å²) in [5.41, 5.74) is -0.450. The molecule has 0 aliphatic carbocycles. The molecule has 1 aromatic carbocycles. The Balaban J connectivity index is 1.56.